The van der Waals surface area contributed by atoms with Crippen molar-refractivity contribution < 1.29 is 4.79 Å². The van der Waals surface area contributed by atoms with Crippen LogP contribution in [0.5, 0.6) is 0 Å². The second kappa shape index (κ2) is 5.74. The van der Waals surface area contributed by atoms with Gasteiger partial charge in [0.15, 0.2) is 0 Å². The average molecular weight is 258 g/mol. The minimum Gasteiger partial charge on any atom is -0.353 e. The van der Waals surface area contributed by atoms with Crippen molar-refractivity contribution in [1.29, 1.82) is 0 Å². The maximum atomic E-state index is 12.5. The Hall–Kier alpha value is -1.35. The van der Waals surface area contributed by atoms with Crippen LogP contribution < -0.4 is 10.6 Å². The van der Waals surface area contributed by atoms with Crippen molar-refractivity contribution in [1.82, 2.24) is 10.6 Å². The number of benzene rings is 1. The van der Waals surface area contributed by atoms with E-state index in [4.69, 9.17) is 0 Å². The molecule has 0 unspecified atom stereocenters. The first kappa shape index (κ1) is 12.7. The molecule has 2 atom stereocenters. The van der Waals surface area contributed by atoms with E-state index in [-0.39, 0.29) is 17.9 Å². The van der Waals surface area contributed by atoms with E-state index in [1.54, 1.807) is 0 Å². The summed E-state index contributed by atoms with van der Waals surface area (Å²) in [6.07, 6.45) is 5.83. The van der Waals surface area contributed by atoms with Crippen molar-refractivity contribution in [2.75, 3.05) is 6.54 Å². The fraction of sp³-hybridized carbons (Fsp3) is 0.562. The topological polar surface area (TPSA) is 41.1 Å². The highest BCUT2D eigenvalue weighted by Gasteiger charge is 2.33. The first-order valence-electron chi connectivity index (χ1n) is 7.43. The Morgan fingerprint density at radius 1 is 1.16 bits per heavy atom. The number of rotatable bonds is 4. The Morgan fingerprint density at radius 3 is 2.58 bits per heavy atom. The zero-order valence-electron chi connectivity index (χ0n) is 11.3. The molecule has 1 saturated heterocycles. The van der Waals surface area contributed by atoms with Crippen molar-refractivity contribution in [3.05, 3.63) is 35.9 Å². The molecule has 1 amide bonds. The van der Waals surface area contributed by atoms with Crippen molar-refractivity contribution in [2.45, 2.75) is 50.1 Å². The standard InChI is InChI=1S/C16H22N2O/c19-16(18-13-9-10-13)15(12-6-2-1-3-7-12)14-8-4-5-11-17-14/h1-3,6-7,13-15,17H,4-5,8-11H2,(H,18,19)/t14-,15+/m1/s1. The van der Waals surface area contributed by atoms with Gasteiger partial charge in [-0.15, -0.1) is 0 Å². The molecule has 0 radical (unpaired) electrons. The Kier molecular flexibility index (Phi) is 3.83. The lowest BCUT2D eigenvalue weighted by Gasteiger charge is -2.31. The molecule has 1 heterocycles. The van der Waals surface area contributed by atoms with Crippen molar-refractivity contribution >= 4 is 5.91 Å². The monoisotopic (exact) mass is 258 g/mol. The van der Waals surface area contributed by atoms with Crippen LogP contribution in [0.4, 0.5) is 0 Å². The smallest absolute Gasteiger partial charge is 0.229 e. The zero-order valence-corrected chi connectivity index (χ0v) is 11.3. The molecule has 2 N–H and O–H groups in total. The maximum absolute atomic E-state index is 12.5. The number of nitrogens with one attached hydrogen (secondary N) is 2. The van der Waals surface area contributed by atoms with Gasteiger partial charge < -0.3 is 10.6 Å². The molecule has 1 saturated carbocycles. The van der Waals surface area contributed by atoms with Crippen LogP contribution in [0.1, 0.15) is 43.6 Å². The van der Waals surface area contributed by atoms with Gasteiger partial charge in [-0.3, -0.25) is 4.79 Å². The molecule has 2 aliphatic rings. The molecule has 2 fully saturated rings. The van der Waals surface area contributed by atoms with Crippen LogP contribution in [0.15, 0.2) is 30.3 Å². The summed E-state index contributed by atoms with van der Waals surface area (Å²) in [6.45, 7) is 1.03. The van der Waals surface area contributed by atoms with Gasteiger partial charge in [0.05, 0.1) is 5.92 Å². The molecule has 1 aliphatic carbocycles. The Balaban J connectivity index is 1.79. The number of hydrogen-bond donors (Lipinski definition) is 2. The highest BCUT2D eigenvalue weighted by atomic mass is 16.2. The quantitative estimate of drug-likeness (QED) is 0.869. The van der Waals surface area contributed by atoms with Crippen LogP contribution in [0, 0.1) is 0 Å². The van der Waals surface area contributed by atoms with Crippen LogP contribution in [0.2, 0.25) is 0 Å². The molecule has 3 heteroatoms. The van der Waals surface area contributed by atoms with E-state index < -0.39 is 0 Å². The van der Waals surface area contributed by atoms with Gasteiger partial charge in [0, 0.05) is 12.1 Å². The molecule has 1 aliphatic heterocycles. The van der Waals surface area contributed by atoms with E-state index in [1.807, 2.05) is 18.2 Å². The Bertz CT molecular complexity index is 422. The molecule has 0 spiro atoms. The number of carbonyl (C=O) groups is 1. The highest BCUT2D eigenvalue weighted by molar-refractivity contribution is 5.85. The fourth-order valence-electron chi connectivity index (χ4n) is 2.91. The van der Waals surface area contributed by atoms with Crippen molar-refractivity contribution in [3.8, 4) is 0 Å². The summed E-state index contributed by atoms with van der Waals surface area (Å²) in [6, 6.07) is 10.9. The number of piperidine rings is 1. The minimum absolute atomic E-state index is 0.0397. The first-order chi connectivity index (χ1) is 9.34. The SMILES string of the molecule is O=C(NC1CC1)[C@@H](c1ccccc1)[C@H]1CCCCN1. The predicted molar refractivity (Wildman–Crippen MR) is 76.0 cm³/mol. The summed E-state index contributed by atoms with van der Waals surface area (Å²) in [5.41, 5.74) is 1.14. The van der Waals surface area contributed by atoms with E-state index >= 15 is 0 Å². The van der Waals surface area contributed by atoms with Gasteiger partial charge >= 0.3 is 0 Å². The van der Waals surface area contributed by atoms with Crippen LogP contribution >= 0.6 is 0 Å². The van der Waals surface area contributed by atoms with Gasteiger partial charge in [-0.25, -0.2) is 0 Å². The van der Waals surface area contributed by atoms with Crippen molar-refractivity contribution in [3.63, 3.8) is 0 Å². The lowest BCUT2D eigenvalue weighted by Crippen LogP contribution is -2.45. The normalized spacial score (nSPS) is 24.7. The molecular formula is C16H22N2O. The summed E-state index contributed by atoms with van der Waals surface area (Å²) >= 11 is 0. The number of amides is 1. The Morgan fingerprint density at radius 2 is 1.95 bits per heavy atom. The second-order valence-electron chi connectivity index (χ2n) is 5.73. The number of carbonyl (C=O) groups excluding carboxylic acids is 1. The maximum Gasteiger partial charge on any atom is 0.229 e. The third-order valence-electron chi connectivity index (χ3n) is 4.12. The fourth-order valence-corrected chi connectivity index (χ4v) is 2.91. The van der Waals surface area contributed by atoms with E-state index in [1.165, 1.54) is 12.8 Å². The molecule has 1 aromatic rings. The third kappa shape index (κ3) is 3.16. The molecule has 1 aromatic carbocycles. The average Bonchev–Trinajstić information content (AvgIpc) is 3.25. The van der Waals surface area contributed by atoms with Gasteiger partial charge in [0.1, 0.15) is 0 Å². The van der Waals surface area contributed by atoms with Crippen LogP contribution in [0.25, 0.3) is 0 Å². The predicted octanol–water partition coefficient (Wildman–Crippen LogP) is 2.19. The molecule has 3 rings (SSSR count). The van der Waals surface area contributed by atoms with Gasteiger partial charge in [0.25, 0.3) is 0 Å². The van der Waals surface area contributed by atoms with Gasteiger partial charge in [-0.2, -0.15) is 0 Å². The van der Waals surface area contributed by atoms with Crippen LogP contribution in [0.3, 0.4) is 0 Å². The molecule has 0 aromatic heterocycles. The summed E-state index contributed by atoms with van der Waals surface area (Å²) in [5, 5.41) is 6.70. The van der Waals surface area contributed by atoms with E-state index in [0.29, 0.717) is 6.04 Å². The van der Waals surface area contributed by atoms with E-state index in [2.05, 4.69) is 22.8 Å². The van der Waals surface area contributed by atoms with E-state index in [0.717, 1.165) is 31.4 Å². The largest absolute Gasteiger partial charge is 0.353 e. The van der Waals surface area contributed by atoms with Crippen molar-refractivity contribution in [2.24, 2.45) is 0 Å². The summed E-state index contributed by atoms with van der Waals surface area (Å²) < 4.78 is 0. The summed E-state index contributed by atoms with van der Waals surface area (Å²) in [5.74, 6) is 0.162. The highest BCUT2D eigenvalue weighted by Crippen LogP contribution is 2.27. The minimum atomic E-state index is -0.0397. The summed E-state index contributed by atoms with van der Waals surface area (Å²) in [4.78, 5) is 12.5. The lowest BCUT2D eigenvalue weighted by molar-refractivity contribution is -0.123. The zero-order chi connectivity index (χ0) is 13.1. The third-order valence-corrected chi connectivity index (χ3v) is 4.12. The number of hydrogen-bond acceptors (Lipinski definition) is 2. The van der Waals surface area contributed by atoms with Gasteiger partial charge in [-0.05, 0) is 37.8 Å². The molecule has 19 heavy (non-hydrogen) atoms. The molecule has 3 nitrogen and oxygen atoms in total. The molecule has 102 valence electrons. The van der Waals surface area contributed by atoms with Gasteiger partial charge in [-0.1, -0.05) is 36.8 Å². The van der Waals surface area contributed by atoms with Crippen LogP contribution in [-0.4, -0.2) is 24.5 Å². The van der Waals surface area contributed by atoms with E-state index in [9.17, 15) is 4.79 Å². The summed E-state index contributed by atoms with van der Waals surface area (Å²) in [7, 11) is 0. The lowest BCUT2D eigenvalue weighted by atomic mass is 9.86. The Labute approximate surface area is 114 Å². The first-order valence-corrected chi connectivity index (χ1v) is 7.43. The molecular weight excluding hydrogens is 236 g/mol. The molecule has 0 bridgehead atoms. The second-order valence-corrected chi connectivity index (χ2v) is 5.73. The van der Waals surface area contributed by atoms with Crippen LogP contribution in [-0.2, 0) is 4.79 Å². The van der Waals surface area contributed by atoms with Gasteiger partial charge in [0.2, 0.25) is 5.91 Å².